The first-order chi connectivity index (χ1) is 18.6. The van der Waals surface area contributed by atoms with E-state index in [2.05, 4.69) is 0 Å². The molecule has 1 aromatic carbocycles. The summed E-state index contributed by atoms with van der Waals surface area (Å²) in [5.74, 6) is -3.00. The molecular weight excluding hydrogens is 529 g/mol. The minimum atomic E-state index is -5.30. The molecule has 4 atom stereocenters. The van der Waals surface area contributed by atoms with Gasteiger partial charge in [0.15, 0.2) is 17.3 Å². The third-order valence-electron chi connectivity index (χ3n) is 8.71. The molecule has 1 aliphatic heterocycles. The van der Waals surface area contributed by atoms with Crippen LogP contribution in [-0.4, -0.2) is 61.6 Å². The number of rotatable bonds is 6. The van der Waals surface area contributed by atoms with Gasteiger partial charge in [0.25, 0.3) is 11.8 Å². The second-order valence-electron chi connectivity index (χ2n) is 11.9. The van der Waals surface area contributed by atoms with Gasteiger partial charge in [0.1, 0.15) is 0 Å². The summed E-state index contributed by atoms with van der Waals surface area (Å²) in [5.41, 5.74) is -5.03. The van der Waals surface area contributed by atoms with Crippen molar-refractivity contribution in [2.75, 3.05) is 21.3 Å². The van der Waals surface area contributed by atoms with Crippen LogP contribution in [0.1, 0.15) is 70.2 Å². The van der Waals surface area contributed by atoms with Crippen molar-refractivity contribution >= 4 is 17.6 Å². The maximum Gasteiger partial charge on any atom is 0.425 e. The quantitative estimate of drug-likeness (QED) is 0.518. The number of methoxy groups -OCH3 is 3. The molecule has 220 valence electrons. The van der Waals surface area contributed by atoms with E-state index in [1.807, 2.05) is 19.2 Å². The minimum Gasteiger partial charge on any atom is -0.493 e. The molecule has 3 aliphatic rings. The van der Waals surface area contributed by atoms with Crippen LogP contribution in [-0.2, 0) is 9.59 Å². The zero-order valence-electron chi connectivity index (χ0n) is 24.0. The Balaban J connectivity index is 1.90. The molecule has 0 bridgehead atoms. The van der Waals surface area contributed by atoms with Gasteiger partial charge in [0.05, 0.1) is 26.9 Å². The van der Waals surface area contributed by atoms with Crippen molar-refractivity contribution in [3.8, 4) is 17.2 Å². The van der Waals surface area contributed by atoms with Crippen molar-refractivity contribution in [3.63, 3.8) is 0 Å². The number of nitrogens with one attached hydrogen (secondary N) is 1. The number of ether oxygens (including phenoxy) is 3. The molecule has 0 saturated heterocycles. The van der Waals surface area contributed by atoms with Crippen molar-refractivity contribution in [3.05, 3.63) is 29.0 Å². The summed E-state index contributed by atoms with van der Waals surface area (Å²) in [5, 5.41) is 2.00. The summed E-state index contributed by atoms with van der Waals surface area (Å²) in [6.07, 6.45) is -3.21. The zero-order chi connectivity index (χ0) is 29.8. The molecule has 11 heteroatoms. The highest BCUT2D eigenvalue weighted by Crippen LogP contribution is 2.54. The standard InChI is InChI=1S/C29H37F3N2O6/c1-15-9-8-10-18(16(15)2)34-19-13-27(3,4)14-20(35)23(19)28(26(34)37,29(30,31)32)33-25(36)17-11-21(38-5)24(40-7)22(12-17)39-6/h11-12,15-16,18H,8-10,13-14H2,1-7H3,(H,33,36)/t15-,16+,18-,28+/m0/s1. The average molecular weight is 567 g/mol. The lowest BCUT2D eigenvalue weighted by atomic mass is 9.72. The predicted molar refractivity (Wildman–Crippen MR) is 140 cm³/mol. The molecule has 1 N–H and O–H groups in total. The van der Waals surface area contributed by atoms with Gasteiger partial charge in [0, 0.05) is 23.7 Å². The molecule has 2 amide bonds. The largest absolute Gasteiger partial charge is 0.493 e. The molecule has 0 aromatic heterocycles. The lowest BCUT2D eigenvalue weighted by molar-refractivity contribution is -0.192. The number of nitrogens with zero attached hydrogens (tertiary/aromatic N) is 1. The third-order valence-corrected chi connectivity index (χ3v) is 8.71. The number of carbonyl (C=O) groups excluding carboxylic acids is 3. The number of Topliss-reactive ketones (excluding diaryl/α,β-unsaturated/α-hetero) is 1. The van der Waals surface area contributed by atoms with Gasteiger partial charge < -0.3 is 24.4 Å². The summed E-state index contributed by atoms with van der Waals surface area (Å²) in [7, 11) is 3.96. The molecule has 40 heavy (non-hydrogen) atoms. The van der Waals surface area contributed by atoms with Crippen LogP contribution < -0.4 is 19.5 Å². The number of alkyl halides is 3. The van der Waals surface area contributed by atoms with Crippen LogP contribution in [0.3, 0.4) is 0 Å². The van der Waals surface area contributed by atoms with Crippen LogP contribution in [0.5, 0.6) is 17.2 Å². The molecule has 8 nitrogen and oxygen atoms in total. The second-order valence-corrected chi connectivity index (χ2v) is 11.9. The van der Waals surface area contributed by atoms with Gasteiger partial charge in [-0.25, -0.2) is 0 Å². The molecule has 1 aromatic rings. The lowest BCUT2D eigenvalue weighted by Gasteiger charge is -2.43. The molecule has 0 unspecified atom stereocenters. The minimum absolute atomic E-state index is 0.0489. The average Bonchev–Trinajstić information content (AvgIpc) is 3.11. The van der Waals surface area contributed by atoms with Gasteiger partial charge in [-0.05, 0) is 42.2 Å². The molecule has 0 spiro atoms. The fourth-order valence-electron chi connectivity index (χ4n) is 6.50. The Kier molecular flexibility index (Phi) is 7.66. The van der Waals surface area contributed by atoms with Crippen molar-refractivity contribution in [2.24, 2.45) is 17.3 Å². The molecule has 2 aliphatic carbocycles. The molecule has 1 heterocycles. The number of amides is 2. The van der Waals surface area contributed by atoms with Gasteiger partial charge in [-0.15, -0.1) is 0 Å². The molecule has 1 fully saturated rings. The molecule has 0 radical (unpaired) electrons. The van der Waals surface area contributed by atoms with Crippen LogP contribution >= 0.6 is 0 Å². The van der Waals surface area contributed by atoms with Crippen molar-refractivity contribution < 1.29 is 41.8 Å². The smallest absolute Gasteiger partial charge is 0.425 e. The maximum atomic E-state index is 15.3. The van der Waals surface area contributed by atoms with E-state index in [0.717, 1.165) is 12.8 Å². The van der Waals surface area contributed by atoms with Crippen molar-refractivity contribution in [2.45, 2.75) is 77.6 Å². The summed E-state index contributed by atoms with van der Waals surface area (Å²) >= 11 is 0. The summed E-state index contributed by atoms with van der Waals surface area (Å²) in [6, 6.07) is 1.87. The lowest BCUT2D eigenvalue weighted by Crippen LogP contribution is -2.67. The van der Waals surface area contributed by atoms with Crippen LogP contribution in [0.15, 0.2) is 23.4 Å². The van der Waals surface area contributed by atoms with Crippen molar-refractivity contribution in [1.82, 2.24) is 10.2 Å². The van der Waals surface area contributed by atoms with Crippen LogP contribution in [0.4, 0.5) is 13.2 Å². The molecular formula is C29H37F3N2O6. The molecule has 1 saturated carbocycles. The first-order valence-electron chi connectivity index (χ1n) is 13.4. The van der Waals surface area contributed by atoms with Crippen LogP contribution in [0.2, 0.25) is 0 Å². The van der Waals surface area contributed by atoms with Gasteiger partial charge in [-0.3, -0.25) is 14.4 Å². The third kappa shape index (κ3) is 4.60. The monoisotopic (exact) mass is 566 g/mol. The highest BCUT2D eigenvalue weighted by atomic mass is 19.4. The highest BCUT2D eigenvalue weighted by Gasteiger charge is 2.72. The van der Waals surface area contributed by atoms with E-state index < -0.39 is 46.3 Å². The SMILES string of the molecule is COc1cc(C(=O)N[C@@]2(C(F)(F)F)C(=O)N([C@H]3CCC[C@H](C)[C@H]3C)C3=C2C(=O)CC(C)(C)C3)cc(OC)c1OC. The number of ketones is 1. The Morgan fingerprint density at radius 1 is 1.00 bits per heavy atom. The van der Waals surface area contributed by atoms with Gasteiger partial charge >= 0.3 is 6.18 Å². The number of benzene rings is 1. The number of allylic oxidation sites excluding steroid dienone is 1. The first kappa shape index (κ1) is 29.7. The zero-order valence-corrected chi connectivity index (χ0v) is 24.0. The van der Waals surface area contributed by atoms with E-state index >= 15 is 13.2 Å². The summed E-state index contributed by atoms with van der Waals surface area (Å²) < 4.78 is 61.6. The Labute approximate surface area is 232 Å². The number of hydrogen-bond donors (Lipinski definition) is 1. The topological polar surface area (TPSA) is 94.2 Å². The number of hydrogen-bond acceptors (Lipinski definition) is 6. The van der Waals surface area contributed by atoms with Crippen LogP contribution in [0.25, 0.3) is 0 Å². The Morgan fingerprint density at radius 3 is 2.12 bits per heavy atom. The van der Waals surface area contributed by atoms with E-state index in [1.165, 1.54) is 38.4 Å². The van der Waals surface area contributed by atoms with E-state index in [4.69, 9.17) is 14.2 Å². The number of halogens is 3. The highest BCUT2D eigenvalue weighted by molar-refractivity contribution is 6.14. The predicted octanol–water partition coefficient (Wildman–Crippen LogP) is 5.05. The Hall–Kier alpha value is -3.24. The van der Waals surface area contributed by atoms with E-state index in [1.54, 1.807) is 13.8 Å². The Morgan fingerprint density at radius 2 is 1.60 bits per heavy atom. The fraction of sp³-hybridized carbons (Fsp3) is 0.621. The van der Waals surface area contributed by atoms with Crippen LogP contribution in [0, 0.1) is 17.3 Å². The maximum absolute atomic E-state index is 15.3. The van der Waals surface area contributed by atoms with Gasteiger partial charge in [0.2, 0.25) is 11.3 Å². The second kappa shape index (κ2) is 10.3. The Bertz CT molecular complexity index is 1230. The van der Waals surface area contributed by atoms with E-state index in [9.17, 15) is 14.4 Å². The van der Waals surface area contributed by atoms with E-state index in [-0.39, 0.29) is 53.2 Å². The number of carbonyl (C=O) groups is 3. The van der Waals surface area contributed by atoms with Crippen molar-refractivity contribution in [1.29, 1.82) is 0 Å². The summed E-state index contributed by atoms with van der Waals surface area (Å²) in [6.45, 7) is 7.55. The first-order valence-corrected chi connectivity index (χ1v) is 13.4. The summed E-state index contributed by atoms with van der Waals surface area (Å²) in [4.78, 5) is 42.5. The van der Waals surface area contributed by atoms with E-state index in [0.29, 0.717) is 6.42 Å². The fourth-order valence-corrected chi connectivity index (χ4v) is 6.50. The van der Waals surface area contributed by atoms with Gasteiger partial charge in [-0.2, -0.15) is 13.2 Å². The van der Waals surface area contributed by atoms with Gasteiger partial charge in [-0.1, -0.05) is 40.5 Å². The molecule has 4 rings (SSSR count). The normalized spacial score (nSPS) is 28.4.